The van der Waals surface area contributed by atoms with Crippen LogP contribution in [0.15, 0.2) is 0 Å². The Bertz CT molecular complexity index is 115. The number of alkyl halides is 1. The minimum Gasteiger partial charge on any atom is -0.261 e. The second kappa shape index (κ2) is 8.62. The maximum absolute atomic E-state index is 11.6. The molecule has 72 valence electrons. The van der Waals surface area contributed by atoms with Crippen molar-refractivity contribution in [3.63, 3.8) is 0 Å². The van der Waals surface area contributed by atoms with Gasteiger partial charge >= 0.3 is 6.04 Å². The van der Waals surface area contributed by atoms with Gasteiger partial charge in [-0.1, -0.05) is 25.7 Å². The van der Waals surface area contributed by atoms with Crippen molar-refractivity contribution in [2.24, 2.45) is 0 Å². The number of hydrogen-bond donors (Lipinski definition) is 0. The molecule has 0 rings (SSSR count). The van der Waals surface area contributed by atoms with Crippen LogP contribution in [0.2, 0.25) is 0 Å². The van der Waals surface area contributed by atoms with Gasteiger partial charge in [0, 0.05) is 6.42 Å². The van der Waals surface area contributed by atoms with Gasteiger partial charge < -0.3 is 0 Å². The predicted molar refractivity (Wildman–Crippen MR) is 44.4 cm³/mol. The van der Waals surface area contributed by atoms with Crippen molar-refractivity contribution in [1.29, 1.82) is 0 Å². The minimum atomic E-state index is -1.22. The number of halogens is 2. The van der Waals surface area contributed by atoms with Crippen molar-refractivity contribution < 1.29 is 13.6 Å². The third-order valence-corrected chi connectivity index (χ3v) is 1.76. The van der Waals surface area contributed by atoms with Crippen LogP contribution in [-0.4, -0.2) is 12.7 Å². The number of carbonyl (C=O) groups is 1. The molecule has 0 spiro atoms. The van der Waals surface area contributed by atoms with Crippen molar-refractivity contribution in [3.8, 4) is 0 Å². The summed E-state index contributed by atoms with van der Waals surface area (Å²) in [5.74, 6) is 0. The first kappa shape index (κ1) is 11.5. The topological polar surface area (TPSA) is 17.1 Å². The summed E-state index contributed by atoms with van der Waals surface area (Å²) in [6, 6.07) is -1.22. The third kappa shape index (κ3) is 9.53. The maximum atomic E-state index is 11.6. The highest BCUT2D eigenvalue weighted by atomic mass is 19.1. The molecule has 1 nitrogen and oxygen atoms in total. The Morgan fingerprint density at radius 2 is 1.42 bits per heavy atom. The summed E-state index contributed by atoms with van der Waals surface area (Å²) in [7, 11) is 0. The molecule has 0 atom stereocenters. The monoisotopic (exact) mass is 178 g/mol. The predicted octanol–water partition coefficient (Wildman–Crippen LogP) is 3.18. The van der Waals surface area contributed by atoms with Gasteiger partial charge in [0.05, 0.1) is 6.67 Å². The SMILES string of the molecule is O=C(F)CCCCCCCCF. The van der Waals surface area contributed by atoms with Gasteiger partial charge in [0.1, 0.15) is 0 Å². The highest BCUT2D eigenvalue weighted by molar-refractivity contribution is 5.67. The molecule has 0 saturated carbocycles. The van der Waals surface area contributed by atoms with Gasteiger partial charge in [0.15, 0.2) is 0 Å². The van der Waals surface area contributed by atoms with Gasteiger partial charge in [0.25, 0.3) is 0 Å². The first-order chi connectivity index (χ1) is 5.77. The Balaban J connectivity index is 2.86. The summed E-state index contributed by atoms with van der Waals surface area (Å²) in [5, 5.41) is 0. The fourth-order valence-corrected chi connectivity index (χ4v) is 1.07. The van der Waals surface area contributed by atoms with Gasteiger partial charge in [-0.15, -0.1) is 0 Å². The van der Waals surface area contributed by atoms with E-state index in [1.807, 2.05) is 0 Å². The summed E-state index contributed by atoms with van der Waals surface area (Å²) in [6.45, 7) is -0.247. The highest BCUT2D eigenvalue weighted by Gasteiger charge is 1.96. The number of unbranched alkanes of at least 4 members (excludes halogenated alkanes) is 5. The molecule has 0 unspecified atom stereocenters. The zero-order valence-corrected chi connectivity index (χ0v) is 7.32. The molecule has 0 amide bonds. The molecule has 0 aliphatic rings. The molecule has 3 heteroatoms. The molecule has 0 radical (unpaired) electrons. The van der Waals surface area contributed by atoms with Crippen LogP contribution in [0.1, 0.15) is 44.9 Å². The van der Waals surface area contributed by atoms with Crippen LogP contribution < -0.4 is 0 Å². The molecular weight excluding hydrogens is 162 g/mol. The van der Waals surface area contributed by atoms with Gasteiger partial charge in [-0.3, -0.25) is 9.18 Å². The van der Waals surface area contributed by atoms with Crippen LogP contribution >= 0.6 is 0 Å². The first-order valence-corrected chi connectivity index (χ1v) is 4.51. The first-order valence-electron chi connectivity index (χ1n) is 4.51. The van der Waals surface area contributed by atoms with Crippen molar-refractivity contribution in [3.05, 3.63) is 0 Å². The highest BCUT2D eigenvalue weighted by Crippen LogP contribution is 2.07. The molecule has 0 aromatic carbocycles. The molecule has 0 fully saturated rings. The van der Waals surface area contributed by atoms with Gasteiger partial charge in [-0.2, -0.15) is 4.39 Å². The molecular formula is C9H16F2O. The largest absolute Gasteiger partial charge is 0.301 e. The van der Waals surface area contributed by atoms with Crippen LogP contribution in [0, 0.1) is 0 Å². The molecule has 0 saturated heterocycles. The fourth-order valence-electron chi connectivity index (χ4n) is 1.07. The van der Waals surface area contributed by atoms with Crippen molar-refractivity contribution in [2.45, 2.75) is 44.9 Å². The third-order valence-electron chi connectivity index (χ3n) is 1.76. The van der Waals surface area contributed by atoms with Crippen LogP contribution in [0.3, 0.4) is 0 Å². The molecule has 12 heavy (non-hydrogen) atoms. The van der Waals surface area contributed by atoms with E-state index in [0.29, 0.717) is 12.8 Å². The van der Waals surface area contributed by atoms with Crippen molar-refractivity contribution in [1.82, 2.24) is 0 Å². The number of carbonyl (C=O) groups excluding carboxylic acids is 1. The molecule has 0 aromatic rings. The van der Waals surface area contributed by atoms with E-state index in [9.17, 15) is 13.6 Å². The lowest BCUT2D eigenvalue weighted by Crippen LogP contribution is -1.87. The number of hydrogen-bond acceptors (Lipinski definition) is 1. The van der Waals surface area contributed by atoms with Gasteiger partial charge in [-0.05, 0) is 12.8 Å². The Morgan fingerprint density at radius 3 is 1.92 bits per heavy atom. The van der Waals surface area contributed by atoms with E-state index in [4.69, 9.17) is 0 Å². The van der Waals surface area contributed by atoms with E-state index >= 15 is 0 Å². The number of rotatable bonds is 8. The van der Waals surface area contributed by atoms with Crippen LogP contribution in [0.25, 0.3) is 0 Å². The van der Waals surface area contributed by atoms with E-state index in [2.05, 4.69) is 0 Å². The zero-order chi connectivity index (χ0) is 9.23. The summed E-state index contributed by atoms with van der Waals surface area (Å²) in [6.07, 6.45) is 5.05. The Labute approximate surface area is 72.2 Å². The van der Waals surface area contributed by atoms with E-state index in [1.165, 1.54) is 0 Å². The quantitative estimate of drug-likeness (QED) is 0.412. The molecule has 0 N–H and O–H groups in total. The Morgan fingerprint density at radius 1 is 0.917 bits per heavy atom. The van der Waals surface area contributed by atoms with Crippen LogP contribution in [0.4, 0.5) is 8.78 Å². The zero-order valence-electron chi connectivity index (χ0n) is 7.32. The van der Waals surface area contributed by atoms with E-state index in [0.717, 1.165) is 25.7 Å². The average Bonchev–Trinajstić information content (AvgIpc) is 2.02. The second-order valence-electron chi connectivity index (χ2n) is 2.92. The van der Waals surface area contributed by atoms with Crippen LogP contribution in [-0.2, 0) is 4.79 Å². The fraction of sp³-hybridized carbons (Fsp3) is 0.889. The van der Waals surface area contributed by atoms with E-state index in [1.54, 1.807) is 0 Å². The molecule has 0 aliphatic heterocycles. The lowest BCUT2D eigenvalue weighted by molar-refractivity contribution is -0.129. The summed E-state index contributed by atoms with van der Waals surface area (Å²) in [5.41, 5.74) is 0. The second-order valence-corrected chi connectivity index (χ2v) is 2.92. The standard InChI is InChI=1S/C9H16F2O/c10-8-6-4-2-1-3-5-7-9(11)12/h1-8H2. The lowest BCUT2D eigenvalue weighted by Gasteiger charge is -1.97. The van der Waals surface area contributed by atoms with Crippen molar-refractivity contribution >= 4 is 6.04 Å². The summed E-state index contributed by atoms with van der Waals surface area (Å²) >= 11 is 0. The normalized spacial score (nSPS) is 10.2. The summed E-state index contributed by atoms with van der Waals surface area (Å²) < 4.78 is 23.2. The summed E-state index contributed by atoms with van der Waals surface area (Å²) in [4.78, 5) is 9.86. The molecule has 0 heterocycles. The Kier molecular flexibility index (Phi) is 8.29. The van der Waals surface area contributed by atoms with Gasteiger partial charge in [0.2, 0.25) is 0 Å². The van der Waals surface area contributed by atoms with E-state index in [-0.39, 0.29) is 13.1 Å². The Hall–Kier alpha value is -0.470. The molecule has 0 aromatic heterocycles. The van der Waals surface area contributed by atoms with E-state index < -0.39 is 6.04 Å². The van der Waals surface area contributed by atoms with Crippen LogP contribution in [0.5, 0.6) is 0 Å². The average molecular weight is 178 g/mol. The minimum absolute atomic E-state index is 0.0448. The maximum Gasteiger partial charge on any atom is 0.301 e. The lowest BCUT2D eigenvalue weighted by atomic mass is 10.1. The smallest absolute Gasteiger partial charge is 0.261 e. The molecule has 0 aliphatic carbocycles. The van der Waals surface area contributed by atoms with Crippen molar-refractivity contribution in [2.75, 3.05) is 6.67 Å². The molecule has 0 bridgehead atoms. The van der Waals surface area contributed by atoms with Gasteiger partial charge in [-0.25, -0.2) is 0 Å².